The second-order valence-corrected chi connectivity index (χ2v) is 32.9. The molecule has 4 aliphatic carbocycles. The summed E-state index contributed by atoms with van der Waals surface area (Å²) in [5, 5.41) is 10.1. The van der Waals surface area contributed by atoms with Crippen LogP contribution in [0.1, 0.15) is 95.2 Å². The van der Waals surface area contributed by atoms with Crippen LogP contribution in [0, 0.1) is 0 Å². The zero-order valence-electron chi connectivity index (χ0n) is 64.0. The van der Waals surface area contributed by atoms with Crippen molar-refractivity contribution in [2.45, 2.75) is 50.4 Å². The maximum absolute atomic E-state index is 2.54. The number of nitrogens with zero attached hydrogens (tertiary/aromatic N) is 2. The second-order valence-electron chi connectivity index (χ2n) is 32.9. The zero-order chi connectivity index (χ0) is 75.7. The van der Waals surface area contributed by atoms with Crippen LogP contribution in [-0.2, 0) is 10.8 Å². The molecule has 2 nitrogen and oxygen atoms in total. The summed E-state index contributed by atoms with van der Waals surface area (Å²) in [6.07, 6.45) is 0. The highest BCUT2D eigenvalue weighted by Crippen LogP contribution is 2.57. The summed E-state index contributed by atoms with van der Waals surface area (Å²) in [5.41, 5.74) is 41.6. The Balaban J connectivity index is 0.000000135. The van der Waals surface area contributed by atoms with Gasteiger partial charge in [-0.25, -0.2) is 0 Å². The van der Waals surface area contributed by atoms with Gasteiger partial charge in [-0.15, -0.1) is 0 Å². The minimum absolute atomic E-state index is 0.0859. The van der Waals surface area contributed by atoms with Crippen molar-refractivity contribution in [1.82, 2.24) is 9.13 Å². The molecule has 4 aliphatic rings. The molecule has 2 heterocycles. The largest absolute Gasteiger partial charge is 0.309 e. The van der Waals surface area contributed by atoms with Crippen LogP contribution in [-0.4, -0.2) is 9.13 Å². The number of benzene rings is 18. The summed E-state index contributed by atoms with van der Waals surface area (Å²) >= 11 is 0. The lowest BCUT2D eigenvalue weighted by atomic mass is 9.81. The molecule has 2 atom stereocenters. The molecule has 0 amide bonds. The molecule has 2 heteroatoms. The number of fused-ring (bicyclic) bond motifs is 22. The SMILES string of the molecule is CC1(C)c2ccccc2-c2c1ccc1c3cc(-c4ccc5c(c4)-c4ccccc4C5c4cccc(-c5ccccc5)c4)ccc3n(-c3ccc4ccccc4c3)c21.CC1(C)c2ccccc2-c2ccc3c4cc(-c5ccc6c(c5)-c5ccccc5C6c5cccc(-c6ccccc6)c5)ccc4n(-c4ccc5ccccc5c4)c3c21. The first-order valence-corrected chi connectivity index (χ1v) is 40.3. The lowest BCUT2D eigenvalue weighted by Crippen LogP contribution is -2.16. The van der Waals surface area contributed by atoms with E-state index in [1.54, 1.807) is 0 Å². The van der Waals surface area contributed by atoms with E-state index in [-0.39, 0.29) is 22.7 Å². The van der Waals surface area contributed by atoms with Crippen LogP contribution in [0.4, 0.5) is 0 Å². The van der Waals surface area contributed by atoms with Crippen molar-refractivity contribution in [2.75, 3.05) is 0 Å². The molecule has 0 saturated carbocycles. The first kappa shape index (κ1) is 65.9. The molecule has 0 aliphatic heterocycles. The van der Waals surface area contributed by atoms with E-state index in [1.807, 2.05) is 0 Å². The molecule has 0 N–H and O–H groups in total. The van der Waals surface area contributed by atoms with Crippen LogP contribution in [0.25, 0.3) is 166 Å². The molecule has 2 unspecified atom stereocenters. The monoisotopic (exact) mass is 1450 g/mol. The first-order valence-electron chi connectivity index (χ1n) is 40.3. The van der Waals surface area contributed by atoms with E-state index in [9.17, 15) is 0 Å². The second kappa shape index (κ2) is 25.3. The molecule has 20 aromatic rings. The van der Waals surface area contributed by atoms with Gasteiger partial charge in [0.2, 0.25) is 0 Å². The highest BCUT2D eigenvalue weighted by atomic mass is 15.0. The topological polar surface area (TPSA) is 9.86 Å². The summed E-state index contributed by atoms with van der Waals surface area (Å²) in [5.74, 6) is 0.372. The highest BCUT2D eigenvalue weighted by molar-refractivity contribution is 6.18. The van der Waals surface area contributed by atoms with Crippen molar-refractivity contribution in [2.24, 2.45) is 0 Å². The fourth-order valence-electron chi connectivity index (χ4n) is 20.7. The third kappa shape index (κ3) is 10.00. The van der Waals surface area contributed by atoms with E-state index in [0.29, 0.717) is 0 Å². The summed E-state index contributed by atoms with van der Waals surface area (Å²) < 4.78 is 5.07. The number of hydrogen-bond acceptors (Lipinski definition) is 0. The van der Waals surface area contributed by atoms with Gasteiger partial charge in [0.1, 0.15) is 0 Å². The van der Waals surface area contributed by atoms with Gasteiger partial charge in [0.15, 0.2) is 0 Å². The summed E-state index contributed by atoms with van der Waals surface area (Å²) in [4.78, 5) is 0. The van der Waals surface area contributed by atoms with Crippen LogP contribution in [0.5, 0.6) is 0 Å². The molecule has 24 rings (SSSR count). The van der Waals surface area contributed by atoms with Crippen LogP contribution >= 0.6 is 0 Å². The molecule has 114 heavy (non-hydrogen) atoms. The fraction of sp³-hybridized carbons (Fsp3) is 0.0714. The van der Waals surface area contributed by atoms with E-state index in [0.717, 1.165) is 0 Å². The highest BCUT2D eigenvalue weighted by Gasteiger charge is 2.41. The molecule has 2 aromatic heterocycles. The van der Waals surface area contributed by atoms with Crippen molar-refractivity contribution in [3.05, 3.63) is 444 Å². The van der Waals surface area contributed by atoms with E-state index in [2.05, 4.69) is 425 Å². The van der Waals surface area contributed by atoms with E-state index in [4.69, 9.17) is 0 Å². The fourth-order valence-corrected chi connectivity index (χ4v) is 20.7. The van der Waals surface area contributed by atoms with Gasteiger partial charge in [-0.05, 0) is 221 Å². The number of rotatable bonds is 8. The minimum Gasteiger partial charge on any atom is -0.309 e. The average Bonchev–Trinajstić information content (AvgIpc) is 1.54. The van der Waals surface area contributed by atoms with Crippen LogP contribution in [0.15, 0.2) is 388 Å². The molecular weight excluding hydrogens is 1370 g/mol. The lowest BCUT2D eigenvalue weighted by Gasteiger charge is -2.23. The Kier molecular flexibility index (Phi) is 14.6. The van der Waals surface area contributed by atoms with Gasteiger partial charge in [0, 0.05) is 61.1 Å². The van der Waals surface area contributed by atoms with Crippen molar-refractivity contribution in [1.29, 1.82) is 0 Å². The zero-order valence-corrected chi connectivity index (χ0v) is 64.0. The number of aromatic nitrogens is 2. The van der Waals surface area contributed by atoms with Gasteiger partial charge in [0.25, 0.3) is 0 Å². The minimum atomic E-state index is -0.151. The molecule has 0 saturated heterocycles. The maximum atomic E-state index is 2.54. The Morgan fingerprint density at radius 3 is 1.17 bits per heavy atom. The molecule has 0 fully saturated rings. The van der Waals surface area contributed by atoms with Crippen LogP contribution in [0.3, 0.4) is 0 Å². The molecular formula is C112H78N2. The smallest absolute Gasteiger partial charge is 0.0622 e. The Morgan fingerprint density at radius 1 is 0.219 bits per heavy atom. The molecule has 0 spiro atoms. The first-order chi connectivity index (χ1) is 56.1. The van der Waals surface area contributed by atoms with Gasteiger partial charge in [-0.2, -0.15) is 0 Å². The molecule has 536 valence electrons. The quantitative estimate of drug-likeness (QED) is 0.143. The van der Waals surface area contributed by atoms with Gasteiger partial charge in [0.05, 0.1) is 22.1 Å². The predicted molar refractivity (Wildman–Crippen MR) is 479 cm³/mol. The van der Waals surface area contributed by atoms with Gasteiger partial charge in [-0.1, -0.05) is 355 Å². The summed E-state index contributed by atoms with van der Waals surface area (Å²) in [6, 6.07) is 145. The van der Waals surface area contributed by atoms with E-state index in [1.165, 1.54) is 221 Å². The average molecular weight is 1450 g/mol. The van der Waals surface area contributed by atoms with Crippen molar-refractivity contribution in [3.63, 3.8) is 0 Å². The van der Waals surface area contributed by atoms with Gasteiger partial charge >= 0.3 is 0 Å². The third-order valence-electron chi connectivity index (χ3n) is 26.1. The van der Waals surface area contributed by atoms with Crippen LogP contribution in [0.2, 0.25) is 0 Å². The lowest BCUT2D eigenvalue weighted by molar-refractivity contribution is 0.661. The van der Waals surface area contributed by atoms with Crippen molar-refractivity contribution < 1.29 is 0 Å². The molecule has 0 radical (unpaired) electrons. The molecule has 0 bridgehead atoms. The van der Waals surface area contributed by atoms with E-state index >= 15 is 0 Å². The van der Waals surface area contributed by atoms with Crippen molar-refractivity contribution in [3.8, 4) is 100 Å². The Labute approximate surface area is 664 Å². The summed E-state index contributed by atoms with van der Waals surface area (Å²) in [7, 11) is 0. The third-order valence-corrected chi connectivity index (χ3v) is 26.1. The normalized spacial score (nSPS) is 14.8. The number of hydrogen-bond donors (Lipinski definition) is 0. The summed E-state index contributed by atoms with van der Waals surface area (Å²) in [6.45, 7) is 9.55. The maximum Gasteiger partial charge on any atom is 0.0622 e. The standard InChI is InChI=1S/2C56H39N/c1-56(2)51-22-11-10-20-44(51)47-28-29-48-50-34-40(25-30-52(50)57(55(48)54(47)56)42-26-23-36-15-6-7-16-38(36)32-42)39-24-27-46-49(33-39)43-19-8-9-21-45(43)53(46)41-18-12-17-37(31-41)35-13-4-3-5-14-35;1-56(2)50-22-11-10-21-47(50)54-51(56)29-28-46-49-34-40(25-30-52(49)57(55(46)54)42-26-23-36-15-6-7-16-38(36)32-42)39-24-27-45-48(33-39)43-19-8-9-20-44(43)53(45)41-18-12-17-37(31-41)35-13-4-3-5-14-35/h2*3-34,53H,1-2H3. The van der Waals surface area contributed by atoms with Gasteiger partial charge < -0.3 is 9.13 Å². The predicted octanol–water partition coefficient (Wildman–Crippen LogP) is 29.5. The Bertz CT molecular complexity index is 7420. The van der Waals surface area contributed by atoms with Crippen molar-refractivity contribution >= 4 is 65.2 Å². The Morgan fingerprint density at radius 2 is 0.623 bits per heavy atom. The molecule has 18 aromatic carbocycles. The van der Waals surface area contributed by atoms with Gasteiger partial charge in [-0.3, -0.25) is 0 Å². The van der Waals surface area contributed by atoms with Crippen LogP contribution < -0.4 is 0 Å². The Hall–Kier alpha value is -13.9. The van der Waals surface area contributed by atoms with E-state index < -0.39 is 0 Å².